The van der Waals surface area contributed by atoms with E-state index in [1.165, 1.54) is 14.0 Å². The van der Waals surface area contributed by atoms with E-state index in [2.05, 4.69) is 22.1 Å². The van der Waals surface area contributed by atoms with E-state index in [9.17, 15) is 9.59 Å². The Morgan fingerprint density at radius 3 is 2.50 bits per heavy atom. The van der Waals surface area contributed by atoms with Crippen LogP contribution in [0.25, 0.3) is 0 Å². The summed E-state index contributed by atoms with van der Waals surface area (Å²) in [5.74, 6) is -0.625. The normalized spacial score (nSPS) is 12.2. The van der Waals surface area contributed by atoms with Crippen molar-refractivity contribution in [2.45, 2.75) is 18.6 Å². The van der Waals surface area contributed by atoms with Crippen molar-refractivity contribution in [1.82, 2.24) is 0 Å². The highest BCUT2D eigenvalue weighted by atomic mass is 32.1. The van der Waals surface area contributed by atoms with Crippen molar-refractivity contribution >= 4 is 24.4 Å². The SMILES string of the molecule is COCOC(=O)CC(S)C(C)=O. The first-order valence-corrected chi connectivity index (χ1v) is 3.92. The summed E-state index contributed by atoms with van der Waals surface area (Å²) in [4.78, 5) is 21.5. The van der Waals surface area contributed by atoms with Gasteiger partial charge in [0.2, 0.25) is 0 Å². The topological polar surface area (TPSA) is 52.6 Å². The fraction of sp³-hybridized carbons (Fsp3) is 0.714. The second-order valence-corrected chi connectivity index (χ2v) is 2.88. The molecule has 0 aliphatic carbocycles. The van der Waals surface area contributed by atoms with Gasteiger partial charge in [0.15, 0.2) is 6.79 Å². The van der Waals surface area contributed by atoms with Crippen LogP contribution in [-0.4, -0.2) is 30.9 Å². The molecular weight excluding hydrogens is 180 g/mol. The molecule has 0 heterocycles. The monoisotopic (exact) mass is 192 g/mol. The van der Waals surface area contributed by atoms with E-state index in [0.717, 1.165) is 0 Å². The number of ether oxygens (including phenoxy) is 2. The van der Waals surface area contributed by atoms with Crippen molar-refractivity contribution < 1.29 is 19.1 Å². The second-order valence-electron chi connectivity index (χ2n) is 2.25. The number of ketones is 1. The van der Waals surface area contributed by atoms with Gasteiger partial charge in [-0.3, -0.25) is 9.59 Å². The number of methoxy groups -OCH3 is 1. The number of Topliss-reactive ketones (excluding diaryl/α,β-unsaturated/α-hetero) is 1. The Balaban J connectivity index is 3.61. The fourth-order valence-corrected chi connectivity index (χ4v) is 0.634. The zero-order chi connectivity index (χ0) is 9.56. The van der Waals surface area contributed by atoms with Gasteiger partial charge in [-0.25, -0.2) is 0 Å². The summed E-state index contributed by atoms with van der Waals surface area (Å²) >= 11 is 3.90. The standard InChI is InChI=1S/C7H12O4S/c1-5(8)6(12)3-7(9)11-4-10-2/h6,12H,3-4H2,1-2H3. The summed E-state index contributed by atoms with van der Waals surface area (Å²) < 4.78 is 9.05. The summed E-state index contributed by atoms with van der Waals surface area (Å²) in [5, 5.41) is -0.575. The molecule has 0 saturated carbocycles. The van der Waals surface area contributed by atoms with Gasteiger partial charge in [-0.05, 0) is 6.92 Å². The van der Waals surface area contributed by atoms with Crippen LogP contribution in [0.3, 0.4) is 0 Å². The summed E-state index contributed by atoms with van der Waals surface area (Å²) in [5.41, 5.74) is 0. The highest BCUT2D eigenvalue weighted by molar-refractivity contribution is 7.81. The molecule has 0 aliphatic rings. The fourth-order valence-electron chi connectivity index (χ4n) is 0.485. The molecule has 0 saturated heterocycles. The molecule has 0 fully saturated rings. The minimum atomic E-state index is -0.575. The van der Waals surface area contributed by atoms with E-state index in [1.54, 1.807) is 0 Å². The highest BCUT2D eigenvalue weighted by Crippen LogP contribution is 2.03. The van der Waals surface area contributed by atoms with Crippen molar-refractivity contribution in [2.24, 2.45) is 0 Å². The van der Waals surface area contributed by atoms with Gasteiger partial charge in [0.05, 0.1) is 11.7 Å². The number of hydrogen-bond donors (Lipinski definition) is 1. The highest BCUT2D eigenvalue weighted by Gasteiger charge is 2.14. The minimum absolute atomic E-state index is 0.0121. The van der Waals surface area contributed by atoms with Crippen molar-refractivity contribution in [2.75, 3.05) is 13.9 Å². The Morgan fingerprint density at radius 2 is 2.08 bits per heavy atom. The molecule has 0 aromatic heterocycles. The maximum Gasteiger partial charge on any atom is 0.309 e. The predicted molar refractivity (Wildman–Crippen MR) is 46.0 cm³/mol. The number of hydrogen-bond acceptors (Lipinski definition) is 5. The van der Waals surface area contributed by atoms with Crippen LogP contribution >= 0.6 is 12.6 Å². The molecule has 1 unspecified atom stereocenters. The molecule has 0 aromatic carbocycles. The molecule has 0 aromatic rings. The Bertz CT molecular complexity index is 169. The van der Waals surface area contributed by atoms with E-state index in [-0.39, 0.29) is 19.0 Å². The first-order valence-electron chi connectivity index (χ1n) is 3.41. The second kappa shape index (κ2) is 6.02. The Kier molecular flexibility index (Phi) is 5.74. The van der Waals surface area contributed by atoms with Crippen LogP contribution in [0.5, 0.6) is 0 Å². The van der Waals surface area contributed by atoms with Gasteiger partial charge in [0.1, 0.15) is 5.78 Å². The summed E-state index contributed by atoms with van der Waals surface area (Å²) in [7, 11) is 1.41. The molecule has 70 valence electrons. The van der Waals surface area contributed by atoms with Crippen LogP contribution in [-0.2, 0) is 19.1 Å². The molecule has 0 rings (SSSR count). The Morgan fingerprint density at radius 1 is 1.50 bits per heavy atom. The van der Waals surface area contributed by atoms with Gasteiger partial charge in [0.25, 0.3) is 0 Å². The van der Waals surface area contributed by atoms with E-state index in [4.69, 9.17) is 0 Å². The molecule has 1 atom stereocenters. The van der Waals surface area contributed by atoms with Crippen LogP contribution in [0, 0.1) is 0 Å². The third-order valence-electron chi connectivity index (χ3n) is 1.17. The third kappa shape index (κ3) is 5.15. The van der Waals surface area contributed by atoms with Gasteiger partial charge >= 0.3 is 5.97 Å². The minimum Gasteiger partial charge on any atom is -0.438 e. The maximum atomic E-state index is 10.8. The maximum absolute atomic E-state index is 10.8. The summed E-state index contributed by atoms with van der Waals surface area (Å²) in [6, 6.07) is 0. The van der Waals surface area contributed by atoms with Crippen molar-refractivity contribution in [3.63, 3.8) is 0 Å². The molecule has 0 radical (unpaired) electrons. The molecule has 0 bridgehead atoms. The molecule has 0 N–H and O–H groups in total. The van der Waals surface area contributed by atoms with Gasteiger partial charge in [0, 0.05) is 7.11 Å². The van der Waals surface area contributed by atoms with E-state index >= 15 is 0 Å². The van der Waals surface area contributed by atoms with Gasteiger partial charge in [-0.1, -0.05) is 0 Å². The van der Waals surface area contributed by atoms with Crippen LogP contribution in [0.4, 0.5) is 0 Å². The number of rotatable bonds is 5. The lowest BCUT2D eigenvalue weighted by atomic mass is 10.2. The Hall–Kier alpha value is -0.550. The predicted octanol–water partition coefficient (Wildman–Crippen LogP) is 0.411. The number of thiol groups is 1. The van der Waals surface area contributed by atoms with E-state index in [1.807, 2.05) is 0 Å². The third-order valence-corrected chi connectivity index (χ3v) is 1.71. The van der Waals surface area contributed by atoms with Gasteiger partial charge in [-0.15, -0.1) is 0 Å². The molecule has 5 heteroatoms. The molecule has 0 amide bonds. The largest absolute Gasteiger partial charge is 0.438 e. The first kappa shape index (κ1) is 11.4. The van der Waals surface area contributed by atoms with Gasteiger partial charge in [-0.2, -0.15) is 12.6 Å². The molecular formula is C7H12O4S. The van der Waals surface area contributed by atoms with Crippen LogP contribution in [0.2, 0.25) is 0 Å². The summed E-state index contributed by atoms with van der Waals surface area (Å²) in [6.07, 6.45) is -0.0121. The van der Waals surface area contributed by atoms with Crippen molar-refractivity contribution in [1.29, 1.82) is 0 Å². The lowest BCUT2D eigenvalue weighted by Gasteiger charge is -2.05. The van der Waals surface area contributed by atoms with E-state index < -0.39 is 11.2 Å². The summed E-state index contributed by atoms with van der Waals surface area (Å²) in [6.45, 7) is 1.29. The number of esters is 1. The van der Waals surface area contributed by atoms with E-state index in [0.29, 0.717) is 0 Å². The smallest absolute Gasteiger partial charge is 0.309 e. The first-order chi connectivity index (χ1) is 5.57. The van der Waals surface area contributed by atoms with Crippen molar-refractivity contribution in [3.8, 4) is 0 Å². The number of carbonyl (C=O) groups excluding carboxylic acids is 2. The van der Waals surface area contributed by atoms with Crippen LogP contribution < -0.4 is 0 Å². The van der Waals surface area contributed by atoms with Crippen LogP contribution in [0.15, 0.2) is 0 Å². The average Bonchev–Trinajstić information content (AvgIpc) is 2.00. The van der Waals surface area contributed by atoms with Gasteiger partial charge < -0.3 is 9.47 Å². The molecule has 0 spiro atoms. The zero-order valence-electron chi connectivity index (χ0n) is 7.07. The van der Waals surface area contributed by atoms with Crippen molar-refractivity contribution in [3.05, 3.63) is 0 Å². The lowest BCUT2D eigenvalue weighted by Crippen LogP contribution is -2.18. The number of carbonyl (C=O) groups is 2. The molecule has 12 heavy (non-hydrogen) atoms. The average molecular weight is 192 g/mol. The quantitative estimate of drug-likeness (QED) is 0.389. The molecule has 4 nitrogen and oxygen atoms in total. The Labute approximate surface area is 76.6 Å². The lowest BCUT2D eigenvalue weighted by molar-refractivity contribution is -0.154. The zero-order valence-corrected chi connectivity index (χ0v) is 7.97. The van der Waals surface area contributed by atoms with Crippen LogP contribution in [0.1, 0.15) is 13.3 Å². The molecule has 0 aliphatic heterocycles.